The number of morpholine rings is 1. The van der Waals surface area contributed by atoms with E-state index >= 15 is 0 Å². The maximum atomic E-state index is 13.2. The van der Waals surface area contributed by atoms with Gasteiger partial charge in [0, 0.05) is 55.6 Å². The number of hydrogen-bond donors (Lipinski definition) is 0. The fraction of sp³-hybridized carbons (Fsp3) is 0.682. The van der Waals surface area contributed by atoms with Crippen LogP contribution in [-0.4, -0.2) is 79.6 Å². The van der Waals surface area contributed by atoms with Gasteiger partial charge in [-0.1, -0.05) is 26.0 Å². The van der Waals surface area contributed by atoms with Crippen molar-refractivity contribution in [1.82, 2.24) is 9.80 Å². The van der Waals surface area contributed by atoms with Gasteiger partial charge in [-0.2, -0.15) is 0 Å². The average molecular weight is 407 g/mol. The molecule has 0 N–H and O–H groups in total. The summed E-state index contributed by atoms with van der Waals surface area (Å²) in [6.07, 6.45) is 2.37. The van der Waals surface area contributed by atoms with E-state index in [2.05, 4.69) is 47.9 Å². The van der Waals surface area contributed by atoms with E-state index in [-0.39, 0.29) is 5.91 Å². The molecule has 0 atom stereocenters. The molecule has 0 aromatic heterocycles. The molecule has 2 heterocycles. The number of nitrogens with zero attached hydrogens (tertiary/aromatic N) is 2. The van der Waals surface area contributed by atoms with E-state index in [1.807, 2.05) is 11.8 Å². The third-order valence-corrected chi connectivity index (χ3v) is 6.38. The molecule has 1 aromatic rings. The Kier molecular flexibility index (Phi) is 8.65. The highest BCUT2D eigenvalue weighted by Gasteiger charge is 2.26. The van der Waals surface area contributed by atoms with Gasteiger partial charge in [-0.15, -0.1) is 11.8 Å². The molecule has 2 fully saturated rings. The van der Waals surface area contributed by atoms with Gasteiger partial charge in [0.2, 0.25) is 5.91 Å². The fourth-order valence-electron chi connectivity index (χ4n) is 3.82. The molecule has 5 nitrogen and oxygen atoms in total. The van der Waals surface area contributed by atoms with Crippen molar-refractivity contribution in [2.24, 2.45) is 0 Å². The van der Waals surface area contributed by atoms with Crippen LogP contribution < -0.4 is 0 Å². The Morgan fingerprint density at radius 2 is 1.75 bits per heavy atom. The summed E-state index contributed by atoms with van der Waals surface area (Å²) in [7, 11) is 0. The first kappa shape index (κ1) is 21.6. The van der Waals surface area contributed by atoms with Crippen LogP contribution in [0.4, 0.5) is 0 Å². The van der Waals surface area contributed by atoms with Crippen molar-refractivity contribution in [3.8, 4) is 0 Å². The second kappa shape index (κ2) is 11.2. The first-order valence-electron chi connectivity index (χ1n) is 10.5. The van der Waals surface area contributed by atoms with Crippen molar-refractivity contribution in [3.05, 3.63) is 29.8 Å². The largest absolute Gasteiger partial charge is 0.381 e. The van der Waals surface area contributed by atoms with Crippen molar-refractivity contribution in [3.63, 3.8) is 0 Å². The Morgan fingerprint density at radius 3 is 2.39 bits per heavy atom. The van der Waals surface area contributed by atoms with Crippen LogP contribution in [0.3, 0.4) is 0 Å². The van der Waals surface area contributed by atoms with Crippen molar-refractivity contribution in [2.75, 3.05) is 52.6 Å². The molecule has 0 saturated carbocycles. The van der Waals surface area contributed by atoms with E-state index in [9.17, 15) is 4.79 Å². The molecule has 3 rings (SSSR count). The summed E-state index contributed by atoms with van der Waals surface area (Å²) in [6, 6.07) is 8.79. The van der Waals surface area contributed by atoms with Crippen LogP contribution in [0.5, 0.6) is 0 Å². The molecule has 156 valence electrons. The van der Waals surface area contributed by atoms with Gasteiger partial charge < -0.3 is 14.4 Å². The number of amides is 1. The van der Waals surface area contributed by atoms with E-state index < -0.39 is 0 Å². The van der Waals surface area contributed by atoms with Gasteiger partial charge in [0.05, 0.1) is 19.6 Å². The van der Waals surface area contributed by atoms with E-state index in [1.165, 1.54) is 4.90 Å². The van der Waals surface area contributed by atoms with Crippen LogP contribution >= 0.6 is 11.8 Å². The van der Waals surface area contributed by atoms with Gasteiger partial charge in [0.1, 0.15) is 0 Å². The second-order valence-corrected chi connectivity index (χ2v) is 9.52. The van der Waals surface area contributed by atoms with Gasteiger partial charge in [-0.25, -0.2) is 0 Å². The number of carbonyl (C=O) groups is 1. The summed E-state index contributed by atoms with van der Waals surface area (Å²) >= 11 is 1.85. The first-order valence-corrected chi connectivity index (χ1v) is 11.4. The van der Waals surface area contributed by atoms with Crippen LogP contribution in [0, 0.1) is 0 Å². The van der Waals surface area contributed by atoms with Crippen LogP contribution in [0.25, 0.3) is 0 Å². The molecule has 2 aliphatic rings. The third-order valence-electron chi connectivity index (χ3n) is 5.36. The Bertz CT molecular complexity index is 596. The zero-order valence-corrected chi connectivity index (χ0v) is 18.1. The quantitative estimate of drug-likeness (QED) is 0.621. The Balaban J connectivity index is 1.59. The van der Waals surface area contributed by atoms with E-state index in [0.717, 1.165) is 71.0 Å². The predicted octanol–water partition coefficient (Wildman–Crippen LogP) is 3.07. The minimum absolute atomic E-state index is 0.240. The topological polar surface area (TPSA) is 42.0 Å². The molecule has 0 aliphatic carbocycles. The maximum Gasteiger partial charge on any atom is 0.227 e. The fourth-order valence-corrected chi connectivity index (χ4v) is 4.65. The zero-order chi connectivity index (χ0) is 19.8. The molecule has 28 heavy (non-hydrogen) atoms. The van der Waals surface area contributed by atoms with Gasteiger partial charge in [0.15, 0.2) is 0 Å². The van der Waals surface area contributed by atoms with Crippen molar-refractivity contribution in [2.45, 2.75) is 49.3 Å². The number of hydrogen-bond acceptors (Lipinski definition) is 5. The van der Waals surface area contributed by atoms with E-state index in [1.54, 1.807) is 0 Å². The number of carbonyl (C=O) groups excluding carboxylic acids is 1. The van der Waals surface area contributed by atoms with Gasteiger partial charge in [-0.3, -0.25) is 9.69 Å². The van der Waals surface area contributed by atoms with Crippen molar-refractivity contribution >= 4 is 17.7 Å². The lowest BCUT2D eigenvalue weighted by atomic mass is 10.0. The summed E-state index contributed by atoms with van der Waals surface area (Å²) in [4.78, 5) is 19.0. The summed E-state index contributed by atoms with van der Waals surface area (Å²) in [6.45, 7) is 11.2. The molecular weight excluding hydrogens is 372 g/mol. The summed E-state index contributed by atoms with van der Waals surface area (Å²) in [5.74, 6) is 0.240. The molecule has 1 aromatic carbocycles. The molecular formula is C22H34N2O3S. The highest BCUT2D eigenvalue weighted by molar-refractivity contribution is 7.99. The Labute approximate surface area is 173 Å². The first-order chi connectivity index (χ1) is 13.6. The molecule has 2 aliphatic heterocycles. The lowest BCUT2D eigenvalue weighted by molar-refractivity contribution is -0.135. The monoisotopic (exact) mass is 406 g/mol. The lowest BCUT2D eigenvalue weighted by Crippen LogP contribution is -2.49. The Morgan fingerprint density at radius 1 is 1.11 bits per heavy atom. The van der Waals surface area contributed by atoms with Crippen LogP contribution in [0.1, 0.15) is 32.3 Å². The highest BCUT2D eigenvalue weighted by atomic mass is 32.2. The molecule has 0 spiro atoms. The zero-order valence-electron chi connectivity index (χ0n) is 17.3. The van der Waals surface area contributed by atoms with Crippen molar-refractivity contribution in [1.29, 1.82) is 0 Å². The average Bonchev–Trinajstić information content (AvgIpc) is 2.71. The van der Waals surface area contributed by atoms with E-state index in [0.29, 0.717) is 17.7 Å². The normalized spacial score (nSPS) is 19.1. The number of ether oxygens (including phenoxy) is 2. The molecule has 0 unspecified atom stereocenters. The van der Waals surface area contributed by atoms with Gasteiger partial charge in [0.25, 0.3) is 0 Å². The molecule has 0 radical (unpaired) electrons. The third kappa shape index (κ3) is 6.76. The SMILES string of the molecule is CC(C)Sc1ccc(CC(=O)N(CCN2CCOCC2)C2CCOCC2)cc1. The highest BCUT2D eigenvalue weighted by Crippen LogP contribution is 2.23. The standard InChI is InChI=1S/C22H34N2O3S/c1-18(2)28-21-5-3-19(4-6-21)17-22(25)24(20-7-13-26-14-8-20)10-9-23-11-15-27-16-12-23/h3-6,18,20H,7-17H2,1-2H3. The number of thioether (sulfide) groups is 1. The molecule has 2 saturated heterocycles. The number of benzene rings is 1. The lowest BCUT2D eigenvalue weighted by Gasteiger charge is -2.36. The smallest absolute Gasteiger partial charge is 0.227 e. The summed E-state index contributed by atoms with van der Waals surface area (Å²) in [5.41, 5.74) is 1.10. The van der Waals surface area contributed by atoms with Crippen LogP contribution in [0.2, 0.25) is 0 Å². The maximum absolute atomic E-state index is 13.2. The second-order valence-electron chi connectivity index (χ2n) is 7.87. The number of rotatable bonds is 8. The molecule has 6 heteroatoms. The van der Waals surface area contributed by atoms with Crippen LogP contribution in [0.15, 0.2) is 29.2 Å². The summed E-state index contributed by atoms with van der Waals surface area (Å²) < 4.78 is 11.0. The minimum Gasteiger partial charge on any atom is -0.381 e. The minimum atomic E-state index is 0.240. The summed E-state index contributed by atoms with van der Waals surface area (Å²) in [5, 5.41) is 0.566. The molecule has 0 bridgehead atoms. The van der Waals surface area contributed by atoms with Crippen molar-refractivity contribution < 1.29 is 14.3 Å². The van der Waals surface area contributed by atoms with Gasteiger partial charge >= 0.3 is 0 Å². The predicted molar refractivity (Wildman–Crippen MR) is 114 cm³/mol. The molecule has 1 amide bonds. The van der Waals surface area contributed by atoms with E-state index in [4.69, 9.17) is 9.47 Å². The van der Waals surface area contributed by atoms with Crippen LogP contribution in [-0.2, 0) is 20.7 Å². The Hall–Kier alpha value is -1.08. The van der Waals surface area contributed by atoms with Gasteiger partial charge in [-0.05, 0) is 30.5 Å².